The van der Waals surface area contributed by atoms with Gasteiger partial charge < -0.3 is 10.5 Å². The summed E-state index contributed by atoms with van der Waals surface area (Å²) < 4.78 is 4.54. The van der Waals surface area contributed by atoms with Crippen molar-refractivity contribution in [2.45, 2.75) is 0 Å². The fraction of sp³-hybridized carbons (Fsp3) is 0.167. The molecule has 0 aromatic carbocycles. The van der Waals surface area contributed by atoms with Crippen LogP contribution in [0.4, 0.5) is 17.8 Å². The Morgan fingerprint density at radius 3 is 2.80 bits per heavy atom. The molecule has 0 aliphatic heterocycles. The topological polar surface area (TPSA) is 127 Å². The highest BCUT2D eigenvalue weighted by atomic mass is 16.5. The molecule has 9 nitrogen and oxygen atoms in total. The van der Waals surface area contributed by atoms with Crippen LogP contribution in [0.3, 0.4) is 0 Å². The van der Waals surface area contributed by atoms with Crippen LogP contribution < -0.4 is 16.5 Å². The number of hydrogen-bond acceptors (Lipinski definition) is 8. The highest BCUT2D eigenvalue weighted by Gasteiger charge is 2.01. The van der Waals surface area contributed by atoms with Crippen molar-refractivity contribution in [3.63, 3.8) is 0 Å². The quantitative estimate of drug-likeness (QED) is 0.247. The average Bonchev–Trinajstić information content (AvgIpc) is 2.18. The van der Waals surface area contributed by atoms with Crippen molar-refractivity contribution in [2.24, 2.45) is 5.10 Å². The molecule has 1 amide bonds. The van der Waals surface area contributed by atoms with E-state index in [0.29, 0.717) is 6.41 Å². The molecule has 1 rings (SSSR count). The fourth-order valence-electron chi connectivity index (χ4n) is 0.696. The fourth-order valence-corrected chi connectivity index (χ4v) is 0.696. The Balaban J connectivity index is 2.78. The van der Waals surface area contributed by atoms with E-state index in [4.69, 9.17) is 5.73 Å². The van der Waals surface area contributed by atoms with Crippen LogP contribution in [0.2, 0.25) is 0 Å². The highest BCUT2D eigenvalue weighted by molar-refractivity contribution is 5.67. The predicted octanol–water partition coefficient (Wildman–Crippen LogP) is -0.976. The number of amides is 1. The zero-order valence-corrected chi connectivity index (χ0v) is 7.84. The molecule has 0 bridgehead atoms. The summed E-state index contributed by atoms with van der Waals surface area (Å²) >= 11 is 0. The number of nitrogens with one attached hydrogen (secondary N) is 2. The van der Waals surface area contributed by atoms with E-state index in [2.05, 4.69) is 35.5 Å². The second-order valence-corrected chi connectivity index (χ2v) is 2.19. The molecule has 0 aliphatic carbocycles. The van der Waals surface area contributed by atoms with Crippen LogP contribution in [-0.4, -0.2) is 34.9 Å². The maximum Gasteiger partial charge on any atom is 0.250 e. The number of nitrogens with two attached hydrogens (primary N) is 1. The molecule has 0 radical (unpaired) electrons. The van der Waals surface area contributed by atoms with E-state index in [1.54, 1.807) is 0 Å². The lowest BCUT2D eigenvalue weighted by Crippen LogP contribution is -2.08. The lowest BCUT2D eigenvalue weighted by Gasteiger charge is -2.01. The van der Waals surface area contributed by atoms with Gasteiger partial charge in [-0.25, -0.2) is 5.43 Å². The first-order valence-electron chi connectivity index (χ1n) is 3.78. The molecule has 4 N–H and O–H groups in total. The number of carbonyl (C=O) groups excluding carboxylic acids is 1. The summed E-state index contributed by atoms with van der Waals surface area (Å²) in [6.45, 7) is 0. The number of nitrogen functional groups attached to an aromatic ring is 1. The molecule has 80 valence electrons. The Morgan fingerprint density at radius 2 is 2.13 bits per heavy atom. The molecule has 9 heteroatoms. The SMILES string of the molecule is COC=NNc1nc(N)nc(NC=O)n1. The molecule has 1 heterocycles. The predicted molar refractivity (Wildman–Crippen MR) is 53.0 cm³/mol. The van der Waals surface area contributed by atoms with Crippen LogP contribution >= 0.6 is 0 Å². The summed E-state index contributed by atoms with van der Waals surface area (Å²) in [7, 11) is 1.44. The van der Waals surface area contributed by atoms with Crippen molar-refractivity contribution in [2.75, 3.05) is 23.6 Å². The number of hydrogen-bond donors (Lipinski definition) is 3. The summed E-state index contributed by atoms with van der Waals surface area (Å²) in [5.74, 6) is 0.0947. The molecule has 0 atom stereocenters. The highest BCUT2D eigenvalue weighted by Crippen LogP contribution is 2.05. The molecule has 1 aromatic rings. The minimum atomic E-state index is -0.0375. The number of hydrazone groups is 1. The molecule has 1 aromatic heterocycles. The minimum absolute atomic E-state index is 0.0348. The largest absolute Gasteiger partial charge is 0.485 e. The summed E-state index contributed by atoms with van der Waals surface area (Å²) in [5, 5.41) is 5.81. The number of aromatic nitrogens is 3. The molecule has 15 heavy (non-hydrogen) atoms. The van der Waals surface area contributed by atoms with Gasteiger partial charge in [0.15, 0.2) is 6.40 Å². The van der Waals surface area contributed by atoms with Gasteiger partial charge >= 0.3 is 0 Å². The molecular weight excluding hydrogens is 202 g/mol. The van der Waals surface area contributed by atoms with E-state index in [1.807, 2.05) is 0 Å². The van der Waals surface area contributed by atoms with Gasteiger partial charge in [-0.3, -0.25) is 10.1 Å². The standard InChI is InChI=1S/C6H9N7O2/c1-15-3-9-13-6-11-4(7)10-5(12-6)8-2-14/h2-3H,1H3,(H4,7,8,10,11,12,13,14). The van der Waals surface area contributed by atoms with Gasteiger partial charge in [-0.1, -0.05) is 0 Å². The lowest BCUT2D eigenvalue weighted by molar-refractivity contribution is -0.105. The van der Waals surface area contributed by atoms with Crippen LogP contribution in [0.25, 0.3) is 0 Å². The van der Waals surface area contributed by atoms with Gasteiger partial charge in [0.05, 0.1) is 7.11 Å². The molecule has 0 aliphatic rings. The summed E-state index contributed by atoms with van der Waals surface area (Å²) in [6, 6.07) is 0. The summed E-state index contributed by atoms with van der Waals surface area (Å²) in [6.07, 6.45) is 1.57. The maximum atomic E-state index is 10.1. The molecular formula is C6H9N7O2. The minimum Gasteiger partial charge on any atom is -0.485 e. The first-order valence-corrected chi connectivity index (χ1v) is 3.78. The van der Waals surface area contributed by atoms with E-state index in [1.165, 1.54) is 7.11 Å². The van der Waals surface area contributed by atoms with E-state index in [9.17, 15) is 4.79 Å². The number of methoxy groups -OCH3 is 1. The monoisotopic (exact) mass is 211 g/mol. The van der Waals surface area contributed by atoms with E-state index in [0.717, 1.165) is 6.40 Å². The second kappa shape index (κ2) is 5.32. The van der Waals surface area contributed by atoms with Gasteiger partial charge in [-0.2, -0.15) is 15.0 Å². The van der Waals surface area contributed by atoms with Gasteiger partial charge in [-0.05, 0) is 0 Å². The van der Waals surface area contributed by atoms with Crippen molar-refractivity contribution in [1.29, 1.82) is 0 Å². The Labute approximate surface area is 84.8 Å². The smallest absolute Gasteiger partial charge is 0.250 e. The second-order valence-electron chi connectivity index (χ2n) is 2.19. The first-order chi connectivity index (χ1) is 7.26. The normalized spacial score (nSPS) is 9.93. The molecule has 0 unspecified atom stereocenters. The molecule has 0 saturated heterocycles. The third-order valence-corrected chi connectivity index (χ3v) is 1.16. The average molecular weight is 211 g/mol. The number of nitrogens with zero attached hydrogens (tertiary/aromatic N) is 4. The Bertz CT molecular complexity index is 366. The van der Waals surface area contributed by atoms with Crippen LogP contribution in [0.1, 0.15) is 0 Å². The summed E-state index contributed by atoms with van der Waals surface area (Å²) in [4.78, 5) is 21.3. The first kappa shape index (κ1) is 10.6. The number of ether oxygens (including phenoxy) is 1. The third-order valence-electron chi connectivity index (χ3n) is 1.16. The van der Waals surface area contributed by atoms with Gasteiger partial charge in [0.25, 0.3) is 0 Å². The van der Waals surface area contributed by atoms with Crippen LogP contribution in [0, 0.1) is 0 Å². The van der Waals surface area contributed by atoms with Gasteiger partial charge in [0, 0.05) is 0 Å². The number of anilines is 3. The molecule has 0 fully saturated rings. The third kappa shape index (κ3) is 3.42. The van der Waals surface area contributed by atoms with Crippen LogP contribution in [0.5, 0.6) is 0 Å². The Kier molecular flexibility index (Phi) is 3.77. The number of carbonyl (C=O) groups is 1. The van der Waals surface area contributed by atoms with E-state index >= 15 is 0 Å². The van der Waals surface area contributed by atoms with Crippen LogP contribution in [0.15, 0.2) is 5.10 Å². The zero-order valence-electron chi connectivity index (χ0n) is 7.84. The van der Waals surface area contributed by atoms with Crippen molar-refractivity contribution in [3.8, 4) is 0 Å². The van der Waals surface area contributed by atoms with Crippen LogP contribution in [-0.2, 0) is 9.53 Å². The zero-order chi connectivity index (χ0) is 11.1. The summed E-state index contributed by atoms with van der Waals surface area (Å²) in [5.41, 5.74) is 7.78. The van der Waals surface area contributed by atoms with Gasteiger partial charge in [-0.15, -0.1) is 5.10 Å². The Hall–Kier alpha value is -2.45. The van der Waals surface area contributed by atoms with Gasteiger partial charge in [0.2, 0.25) is 24.3 Å². The Morgan fingerprint density at radius 1 is 1.40 bits per heavy atom. The lowest BCUT2D eigenvalue weighted by atomic mass is 10.8. The molecule has 0 spiro atoms. The number of rotatable bonds is 5. The van der Waals surface area contributed by atoms with Crippen molar-refractivity contribution < 1.29 is 9.53 Å². The molecule has 0 saturated carbocycles. The van der Waals surface area contributed by atoms with E-state index < -0.39 is 0 Å². The maximum absolute atomic E-state index is 10.1. The van der Waals surface area contributed by atoms with Crippen molar-refractivity contribution in [1.82, 2.24) is 15.0 Å². The van der Waals surface area contributed by atoms with Gasteiger partial charge in [0.1, 0.15) is 0 Å². The van der Waals surface area contributed by atoms with Crippen molar-refractivity contribution in [3.05, 3.63) is 0 Å². The van der Waals surface area contributed by atoms with E-state index in [-0.39, 0.29) is 17.8 Å². The van der Waals surface area contributed by atoms with Crippen molar-refractivity contribution >= 4 is 30.7 Å².